The summed E-state index contributed by atoms with van der Waals surface area (Å²) in [6.07, 6.45) is -1.12. The monoisotopic (exact) mass is 495 g/mol. The first-order chi connectivity index (χ1) is 16.3. The van der Waals surface area contributed by atoms with E-state index in [0.717, 1.165) is 12.1 Å². The molecule has 2 aromatic rings. The highest BCUT2D eigenvalue weighted by atomic mass is 19.4. The summed E-state index contributed by atoms with van der Waals surface area (Å²) in [5, 5.41) is 4.07. The van der Waals surface area contributed by atoms with Gasteiger partial charge < -0.3 is 14.5 Å². The van der Waals surface area contributed by atoms with Gasteiger partial charge in [0.15, 0.2) is 5.82 Å². The Bertz CT molecular complexity index is 1150. The molecule has 2 amide bonds. The van der Waals surface area contributed by atoms with E-state index in [2.05, 4.69) is 10.1 Å². The Kier molecular flexibility index (Phi) is 6.10. The fraction of sp³-hybridized carbons (Fsp3) is 0.478. The average Bonchev–Trinajstić information content (AvgIpc) is 3.17. The highest BCUT2D eigenvalue weighted by Gasteiger charge is 2.54. The van der Waals surface area contributed by atoms with Gasteiger partial charge in [0, 0.05) is 49.4 Å². The van der Waals surface area contributed by atoms with Crippen LogP contribution in [-0.4, -0.2) is 68.3 Å². The minimum absolute atomic E-state index is 0.0233. The van der Waals surface area contributed by atoms with Crippen LogP contribution in [0.3, 0.4) is 0 Å². The Morgan fingerprint density at radius 1 is 1.09 bits per heavy atom. The van der Waals surface area contributed by atoms with Gasteiger partial charge in [-0.25, -0.2) is 18.9 Å². The van der Waals surface area contributed by atoms with Crippen LogP contribution in [-0.2, 0) is 22.4 Å². The van der Waals surface area contributed by atoms with Crippen LogP contribution in [0.15, 0.2) is 30.6 Å². The van der Waals surface area contributed by atoms with Gasteiger partial charge in [-0.3, -0.25) is 4.79 Å². The normalized spacial score (nSPS) is 17.5. The lowest BCUT2D eigenvalue weighted by molar-refractivity contribution is -0.151. The maximum absolute atomic E-state index is 13.1. The fourth-order valence-corrected chi connectivity index (χ4v) is 4.12. The van der Waals surface area contributed by atoms with Crippen molar-refractivity contribution >= 4 is 18.2 Å². The standard InChI is InChI=1S/C23H25F4N5O3/c1-21(2,3)35-20(34)31-12-22(13-31)10-30(11-22)18(33)4-5-32-14-28-19(29-32)16-6-15(9-24)7-17(8-16)23(25,26)27/h4-8,14H,9-13H2,1-3H3/b5-4-. The molecule has 0 N–H and O–H groups in total. The van der Waals surface area contributed by atoms with E-state index in [0.29, 0.717) is 26.2 Å². The molecule has 2 saturated heterocycles. The first kappa shape index (κ1) is 24.7. The first-order valence-electron chi connectivity index (χ1n) is 10.9. The second kappa shape index (κ2) is 8.65. The van der Waals surface area contributed by atoms with Crippen molar-refractivity contribution in [1.29, 1.82) is 0 Å². The van der Waals surface area contributed by atoms with Gasteiger partial charge in [-0.1, -0.05) is 0 Å². The largest absolute Gasteiger partial charge is 0.444 e. The molecule has 4 rings (SSSR count). The summed E-state index contributed by atoms with van der Waals surface area (Å²) in [6.45, 7) is 6.42. The van der Waals surface area contributed by atoms with Crippen molar-refractivity contribution < 1.29 is 31.9 Å². The second-order valence-electron chi connectivity index (χ2n) is 9.94. The van der Waals surface area contributed by atoms with Crippen LogP contribution in [0.5, 0.6) is 0 Å². The molecule has 2 fully saturated rings. The van der Waals surface area contributed by atoms with Crippen LogP contribution in [0.1, 0.15) is 31.9 Å². The third kappa shape index (κ3) is 5.46. The van der Waals surface area contributed by atoms with Crippen molar-refractivity contribution in [3.63, 3.8) is 0 Å². The van der Waals surface area contributed by atoms with Crippen LogP contribution < -0.4 is 0 Å². The fourth-order valence-electron chi connectivity index (χ4n) is 4.12. The molecule has 0 unspecified atom stereocenters. The number of ether oxygens (including phenoxy) is 1. The smallest absolute Gasteiger partial charge is 0.416 e. The zero-order valence-electron chi connectivity index (χ0n) is 19.5. The Balaban J connectivity index is 1.33. The number of hydrogen-bond donors (Lipinski definition) is 0. The van der Waals surface area contributed by atoms with Gasteiger partial charge in [-0.2, -0.15) is 13.2 Å². The van der Waals surface area contributed by atoms with Crippen molar-refractivity contribution in [1.82, 2.24) is 24.6 Å². The number of carbonyl (C=O) groups excluding carboxylic acids is 2. The number of likely N-dealkylation sites (tertiary alicyclic amines) is 2. The lowest BCUT2D eigenvalue weighted by Crippen LogP contribution is -2.73. The molecule has 0 radical (unpaired) electrons. The molecule has 1 aromatic heterocycles. The van der Waals surface area contributed by atoms with Gasteiger partial charge in [-0.15, -0.1) is 5.10 Å². The number of amides is 2. The molecule has 35 heavy (non-hydrogen) atoms. The van der Waals surface area contributed by atoms with Crippen LogP contribution in [0.25, 0.3) is 17.6 Å². The number of halogens is 4. The molecular weight excluding hydrogens is 470 g/mol. The van der Waals surface area contributed by atoms with E-state index in [4.69, 9.17) is 4.74 Å². The molecule has 8 nitrogen and oxygen atoms in total. The predicted molar refractivity (Wildman–Crippen MR) is 117 cm³/mol. The van der Waals surface area contributed by atoms with Crippen LogP contribution >= 0.6 is 0 Å². The number of nitrogens with zero attached hydrogens (tertiary/aromatic N) is 5. The summed E-state index contributed by atoms with van der Waals surface area (Å²) >= 11 is 0. The van der Waals surface area contributed by atoms with Crippen molar-refractivity contribution in [2.45, 2.75) is 39.2 Å². The van der Waals surface area contributed by atoms with Crippen LogP contribution in [0.4, 0.5) is 22.4 Å². The van der Waals surface area contributed by atoms with E-state index in [9.17, 15) is 27.2 Å². The summed E-state index contributed by atoms with van der Waals surface area (Å²) in [7, 11) is 0. The molecule has 0 bridgehead atoms. The summed E-state index contributed by atoms with van der Waals surface area (Å²) in [5.41, 5.74) is -1.78. The van der Waals surface area contributed by atoms with Crippen molar-refractivity contribution in [2.24, 2.45) is 5.41 Å². The Morgan fingerprint density at radius 2 is 1.74 bits per heavy atom. The molecule has 1 aromatic carbocycles. The van der Waals surface area contributed by atoms with Crippen molar-refractivity contribution in [3.05, 3.63) is 41.7 Å². The number of benzene rings is 1. The maximum Gasteiger partial charge on any atom is 0.416 e. The third-order valence-electron chi connectivity index (χ3n) is 5.68. The topological polar surface area (TPSA) is 80.6 Å². The minimum atomic E-state index is -4.63. The molecule has 2 aliphatic heterocycles. The molecule has 0 atom stereocenters. The predicted octanol–water partition coefficient (Wildman–Crippen LogP) is 3.98. The molecule has 3 heterocycles. The SMILES string of the molecule is CC(C)(C)OC(=O)N1CC2(CN(C(=O)/C=C\n3cnc(-c4cc(CF)cc(C(F)(F)F)c4)n3)C2)C1. The highest BCUT2D eigenvalue weighted by Crippen LogP contribution is 2.40. The molecular formula is C23H25F4N5O3. The molecule has 2 aliphatic rings. The van der Waals surface area contributed by atoms with Crippen molar-refractivity contribution in [2.75, 3.05) is 26.2 Å². The lowest BCUT2D eigenvalue weighted by Gasteiger charge is -2.59. The Labute approximate surface area is 199 Å². The number of alkyl halides is 4. The molecule has 0 aliphatic carbocycles. The number of aromatic nitrogens is 3. The second-order valence-corrected chi connectivity index (χ2v) is 9.94. The van der Waals surface area contributed by atoms with E-state index in [-0.39, 0.29) is 34.4 Å². The molecule has 188 valence electrons. The summed E-state index contributed by atoms with van der Waals surface area (Å²) in [5.74, 6) is -0.287. The van der Waals surface area contributed by atoms with E-state index in [1.807, 2.05) is 0 Å². The summed E-state index contributed by atoms with van der Waals surface area (Å²) < 4.78 is 58.9. The summed E-state index contributed by atoms with van der Waals surface area (Å²) in [6, 6.07) is 2.85. The van der Waals surface area contributed by atoms with Crippen LogP contribution in [0, 0.1) is 5.41 Å². The zero-order chi connectivity index (χ0) is 25.6. The van der Waals surface area contributed by atoms with Gasteiger partial charge in [0.05, 0.1) is 5.56 Å². The summed E-state index contributed by atoms with van der Waals surface area (Å²) in [4.78, 5) is 31.7. The molecule has 0 saturated carbocycles. The molecule has 12 heteroatoms. The van der Waals surface area contributed by atoms with Gasteiger partial charge in [0.25, 0.3) is 0 Å². The van der Waals surface area contributed by atoms with E-state index in [1.165, 1.54) is 29.4 Å². The highest BCUT2D eigenvalue weighted by molar-refractivity contribution is 5.91. The number of hydrogen-bond acceptors (Lipinski definition) is 5. The van der Waals surface area contributed by atoms with E-state index >= 15 is 0 Å². The number of rotatable bonds is 4. The maximum atomic E-state index is 13.1. The minimum Gasteiger partial charge on any atom is -0.444 e. The Morgan fingerprint density at radius 3 is 2.34 bits per heavy atom. The van der Waals surface area contributed by atoms with Gasteiger partial charge >= 0.3 is 12.3 Å². The number of carbonyl (C=O) groups is 2. The van der Waals surface area contributed by atoms with Crippen molar-refractivity contribution in [3.8, 4) is 11.4 Å². The van der Waals surface area contributed by atoms with Crippen LogP contribution in [0.2, 0.25) is 0 Å². The quantitative estimate of drug-likeness (QED) is 0.474. The Hall–Kier alpha value is -3.44. The third-order valence-corrected chi connectivity index (χ3v) is 5.68. The lowest BCUT2D eigenvalue weighted by atomic mass is 9.73. The first-order valence-corrected chi connectivity index (χ1v) is 10.9. The zero-order valence-corrected chi connectivity index (χ0v) is 19.5. The van der Waals surface area contributed by atoms with Gasteiger partial charge in [0.2, 0.25) is 5.91 Å². The van der Waals surface area contributed by atoms with E-state index < -0.39 is 24.0 Å². The molecule has 1 spiro atoms. The van der Waals surface area contributed by atoms with Gasteiger partial charge in [-0.05, 0) is 44.5 Å². The van der Waals surface area contributed by atoms with Gasteiger partial charge in [0.1, 0.15) is 18.6 Å². The average molecular weight is 495 g/mol. The van der Waals surface area contributed by atoms with E-state index in [1.54, 1.807) is 30.6 Å².